The van der Waals surface area contributed by atoms with E-state index in [0.29, 0.717) is 0 Å². The molecule has 25 heteroatoms. The standard InChI is InChI=1S/C9H12N6O4.3H3O4P/c10-5-1-2-15(9(18)12-5)8-6(13-14-11)7(17)4(3-16)19-8;3*1-5(2,3)4/h1-2,4,6-8,16-17H,3H2,(H2,10,12,18);3*(H3,1,2,3,4)/t4-,6-,7-,8-;;;/m1.../s1. The summed E-state index contributed by atoms with van der Waals surface area (Å²) in [6.45, 7) is -0.466. The molecular formula is C9H21N6O16P3. The fourth-order valence-electron chi connectivity index (χ4n) is 1.91. The summed E-state index contributed by atoms with van der Waals surface area (Å²) in [5.41, 5.74) is 13.2. The summed E-state index contributed by atoms with van der Waals surface area (Å²) in [6.07, 6.45) is -1.87. The zero-order chi connectivity index (χ0) is 27.5. The van der Waals surface area contributed by atoms with Crippen molar-refractivity contribution in [1.82, 2.24) is 9.55 Å². The van der Waals surface area contributed by atoms with Crippen molar-refractivity contribution in [2.75, 3.05) is 12.3 Å². The molecule has 13 N–H and O–H groups in total. The lowest BCUT2D eigenvalue weighted by Gasteiger charge is -2.17. The summed E-state index contributed by atoms with van der Waals surface area (Å²) in [7, 11) is -13.9. The van der Waals surface area contributed by atoms with Crippen LogP contribution < -0.4 is 11.4 Å². The quantitative estimate of drug-likeness (QED) is 0.0721. The topological polar surface area (TPSA) is 393 Å². The van der Waals surface area contributed by atoms with Gasteiger partial charge in [-0.25, -0.2) is 18.5 Å². The number of azide groups is 1. The highest BCUT2D eigenvalue weighted by Crippen LogP contribution is 2.31. The summed E-state index contributed by atoms with van der Waals surface area (Å²) in [4.78, 5) is 82.5. The largest absolute Gasteiger partial charge is 0.466 e. The van der Waals surface area contributed by atoms with E-state index in [4.69, 9.17) is 78.8 Å². The number of nitrogens with two attached hydrogens (primary N) is 1. The van der Waals surface area contributed by atoms with Gasteiger partial charge in [0.15, 0.2) is 0 Å². The zero-order valence-corrected chi connectivity index (χ0v) is 19.0. The van der Waals surface area contributed by atoms with E-state index in [2.05, 4.69) is 15.0 Å². The van der Waals surface area contributed by atoms with Crippen molar-refractivity contribution in [2.45, 2.75) is 24.5 Å². The molecule has 0 aliphatic carbocycles. The molecule has 2 heterocycles. The Bertz CT molecular complexity index is 939. The van der Waals surface area contributed by atoms with Gasteiger partial charge in [-0.2, -0.15) is 4.98 Å². The predicted octanol–water partition coefficient (Wildman–Crippen LogP) is -4.03. The Hall–Kier alpha value is -1.80. The Balaban J connectivity index is 0. The summed E-state index contributed by atoms with van der Waals surface area (Å²) in [5.74, 6) is 0.0406. The second kappa shape index (κ2) is 14.6. The van der Waals surface area contributed by atoms with Crippen molar-refractivity contribution in [3.8, 4) is 0 Å². The molecule has 4 atom stereocenters. The van der Waals surface area contributed by atoms with Crippen LogP contribution in [0.5, 0.6) is 0 Å². The number of hydrogen-bond acceptors (Lipinski definition) is 10. The van der Waals surface area contributed by atoms with E-state index >= 15 is 0 Å². The lowest BCUT2D eigenvalue weighted by Crippen LogP contribution is -2.34. The van der Waals surface area contributed by atoms with Gasteiger partial charge in [-0.05, 0) is 11.6 Å². The van der Waals surface area contributed by atoms with Crippen LogP contribution in [-0.2, 0) is 18.4 Å². The van der Waals surface area contributed by atoms with E-state index in [9.17, 15) is 9.90 Å². The molecule has 1 aromatic rings. The molecule has 0 spiro atoms. The highest BCUT2D eigenvalue weighted by molar-refractivity contribution is 7.45. The maximum atomic E-state index is 11.7. The Morgan fingerprint density at radius 1 is 1.06 bits per heavy atom. The van der Waals surface area contributed by atoms with Gasteiger partial charge in [-0.15, -0.1) is 0 Å². The molecule has 1 aliphatic heterocycles. The van der Waals surface area contributed by atoms with Crippen molar-refractivity contribution < 1.29 is 72.7 Å². The highest BCUT2D eigenvalue weighted by atomic mass is 31.2. The van der Waals surface area contributed by atoms with Crippen molar-refractivity contribution in [3.05, 3.63) is 33.2 Å². The van der Waals surface area contributed by atoms with E-state index < -0.39 is 60.2 Å². The maximum Gasteiger partial charge on any atom is 0.466 e. The maximum absolute atomic E-state index is 11.7. The Kier molecular flexibility index (Phi) is 14.7. The molecular weight excluding hydrogens is 541 g/mol. The average molecular weight is 562 g/mol. The van der Waals surface area contributed by atoms with Gasteiger partial charge in [0, 0.05) is 11.1 Å². The molecule has 1 fully saturated rings. The highest BCUT2D eigenvalue weighted by Gasteiger charge is 2.44. The minimum Gasteiger partial charge on any atom is -0.394 e. The predicted molar refractivity (Wildman–Crippen MR) is 106 cm³/mol. The monoisotopic (exact) mass is 562 g/mol. The second-order valence-electron chi connectivity index (χ2n) is 5.52. The van der Waals surface area contributed by atoms with Crippen LogP contribution in [0.3, 0.4) is 0 Å². The SMILES string of the molecule is O=P(O)(O)O.O=P(O)(O)O.O=P(O)(O)O.[N-]=[N+]=N[C@@H]1[C@H](O)[C@@H](CO)O[C@H]1n1ccc(N)nc1=O. The summed E-state index contributed by atoms with van der Waals surface area (Å²) < 4.78 is 33.0. The lowest BCUT2D eigenvalue weighted by atomic mass is 10.1. The van der Waals surface area contributed by atoms with Gasteiger partial charge in [0.25, 0.3) is 0 Å². The Morgan fingerprint density at radius 2 is 1.47 bits per heavy atom. The van der Waals surface area contributed by atoms with Crippen LogP contribution in [0.1, 0.15) is 6.23 Å². The van der Waals surface area contributed by atoms with E-state index in [0.717, 1.165) is 4.57 Å². The number of aliphatic hydroxyl groups excluding tert-OH is 2. The number of nitrogen functional groups attached to an aromatic ring is 1. The minimum atomic E-state index is -4.64. The van der Waals surface area contributed by atoms with Crippen molar-refractivity contribution in [3.63, 3.8) is 0 Å². The van der Waals surface area contributed by atoms with Crippen molar-refractivity contribution in [2.24, 2.45) is 5.11 Å². The number of rotatable bonds is 3. The second-order valence-corrected chi connectivity index (χ2v) is 8.60. The molecule has 0 radical (unpaired) electrons. The fraction of sp³-hybridized carbons (Fsp3) is 0.556. The minimum absolute atomic E-state index is 0.0406. The first-order chi connectivity index (χ1) is 15.1. The number of ether oxygens (including phenoxy) is 1. The summed E-state index contributed by atoms with van der Waals surface area (Å²) >= 11 is 0. The number of phosphoric acid groups is 3. The van der Waals surface area contributed by atoms with Gasteiger partial charge in [0.1, 0.15) is 24.2 Å². The fourth-order valence-corrected chi connectivity index (χ4v) is 1.91. The first-order valence-corrected chi connectivity index (χ1v) is 12.5. The van der Waals surface area contributed by atoms with E-state index in [1.54, 1.807) is 0 Å². The molecule has 198 valence electrons. The normalized spacial score (nSPS) is 22.0. The number of hydrogen-bond donors (Lipinski definition) is 12. The molecule has 1 saturated heterocycles. The van der Waals surface area contributed by atoms with Crippen LogP contribution in [0.2, 0.25) is 0 Å². The number of aromatic nitrogens is 2. The van der Waals surface area contributed by atoms with Crippen LogP contribution in [0, 0.1) is 0 Å². The van der Waals surface area contributed by atoms with E-state index in [1.807, 2.05) is 0 Å². The average Bonchev–Trinajstić information content (AvgIpc) is 2.87. The third-order valence-corrected chi connectivity index (χ3v) is 2.83. The molecule has 22 nitrogen and oxygen atoms in total. The molecule has 34 heavy (non-hydrogen) atoms. The molecule has 0 unspecified atom stereocenters. The first kappa shape index (κ1) is 34.4. The van der Waals surface area contributed by atoms with Gasteiger partial charge < -0.3 is 64.7 Å². The number of aliphatic hydroxyl groups is 2. The summed E-state index contributed by atoms with van der Waals surface area (Å²) in [5, 5.41) is 22.3. The van der Waals surface area contributed by atoms with Crippen molar-refractivity contribution in [1.29, 1.82) is 0 Å². The van der Waals surface area contributed by atoms with Gasteiger partial charge >= 0.3 is 29.2 Å². The van der Waals surface area contributed by atoms with Crippen LogP contribution in [0.25, 0.3) is 10.4 Å². The van der Waals surface area contributed by atoms with Gasteiger partial charge in [-0.1, -0.05) is 5.11 Å². The van der Waals surface area contributed by atoms with E-state index in [1.165, 1.54) is 12.3 Å². The van der Waals surface area contributed by atoms with Crippen LogP contribution >= 0.6 is 23.5 Å². The Labute approximate surface area is 187 Å². The third kappa shape index (κ3) is 19.6. The van der Waals surface area contributed by atoms with Crippen LogP contribution in [0.4, 0.5) is 5.82 Å². The number of anilines is 1. The lowest BCUT2D eigenvalue weighted by molar-refractivity contribution is -0.0464. The molecule has 1 aromatic heterocycles. The van der Waals surface area contributed by atoms with Crippen LogP contribution in [0.15, 0.2) is 22.2 Å². The summed E-state index contributed by atoms with van der Waals surface area (Å²) in [6, 6.07) is 0.335. The molecule has 1 aliphatic rings. The van der Waals surface area contributed by atoms with Gasteiger partial charge in [-0.3, -0.25) is 4.57 Å². The van der Waals surface area contributed by atoms with E-state index in [-0.39, 0.29) is 5.82 Å². The van der Waals surface area contributed by atoms with Gasteiger partial charge in [0.2, 0.25) is 0 Å². The molecule has 0 bridgehead atoms. The molecule has 0 amide bonds. The van der Waals surface area contributed by atoms with Crippen LogP contribution in [-0.4, -0.2) is 88.7 Å². The first-order valence-electron chi connectivity index (χ1n) is 7.76. The molecule has 2 rings (SSSR count). The smallest absolute Gasteiger partial charge is 0.394 e. The van der Waals surface area contributed by atoms with Crippen molar-refractivity contribution >= 4 is 29.3 Å². The zero-order valence-electron chi connectivity index (χ0n) is 16.3. The van der Waals surface area contributed by atoms with Gasteiger partial charge in [0.05, 0.1) is 12.7 Å². The molecule has 0 aromatic carbocycles. The number of nitrogens with zero attached hydrogens (tertiary/aromatic N) is 5. The molecule has 0 saturated carbocycles. The Morgan fingerprint density at radius 3 is 1.79 bits per heavy atom. The third-order valence-electron chi connectivity index (χ3n) is 2.83.